The summed E-state index contributed by atoms with van der Waals surface area (Å²) < 4.78 is 71.6. The number of pyridine rings is 1. The maximum Gasteiger partial charge on any atom is 0.417 e. The molecule has 0 aliphatic carbocycles. The lowest BCUT2D eigenvalue weighted by Crippen LogP contribution is -2.25. The van der Waals surface area contributed by atoms with Crippen molar-refractivity contribution in [1.82, 2.24) is 24.5 Å². The number of nitrogens with one attached hydrogen (secondary N) is 1. The van der Waals surface area contributed by atoms with E-state index < -0.39 is 28.3 Å². The SMILES string of the molecule is Cc1noc(C)c1S(=O)(=O)NCc1nnc2c(Cl)cc(C(F)(F)F)cn12. The molecule has 0 bridgehead atoms. The predicted molar refractivity (Wildman–Crippen MR) is 83.0 cm³/mol. The van der Waals surface area contributed by atoms with Crippen LogP contribution in [0.25, 0.3) is 5.65 Å². The van der Waals surface area contributed by atoms with Gasteiger partial charge in [0, 0.05) is 6.20 Å². The molecule has 3 heterocycles. The third kappa shape index (κ3) is 3.27. The minimum absolute atomic E-state index is 0.0220. The summed E-state index contributed by atoms with van der Waals surface area (Å²) in [6.45, 7) is 2.47. The number of halogens is 4. The van der Waals surface area contributed by atoms with Gasteiger partial charge in [0.15, 0.2) is 17.2 Å². The van der Waals surface area contributed by atoms with Gasteiger partial charge in [-0.3, -0.25) is 4.40 Å². The number of aromatic nitrogens is 4. The molecule has 0 radical (unpaired) electrons. The zero-order valence-electron chi connectivity index (χ0n) is 13.3. The summed E-state index contributed by atoms with van der Waals surface area (Å²) in [6, 6.07) is 0.726. The molecule has 0 unspecified atom stereocenters. The van der Waals surface area contributed by atoms with E-state index in [2.05, 4.69) is 20.1 Å². The van der Waals surface area contributed by atoms with E-state index >= 15 is 0 Å². The lowest BCUT2D eigenvalue weighted by atomic mass is 10.3. The first-order chi connectivity index (χ1) is 12.0. The lowest BCUT2D eigenvalue weighted by molar-refractivity contribution is -0.137. The molecule has 3 rings (SSSR count). The number of alkyl halides is 3. The number of hydrogen-bond donors (Lipinski definition) is 1. The average Bonchev–Trinajstić information content (AvgIpc) is 3.08. The van der Waals surface area contributed by atoms with Crippen molar-refractivity contribution in [2.24, 2.45) is 0 Å². The summed E-state index contributed by atoms with van der Waals surface area (Å²) in [4.78, 5) is -0.139. The Bertz CT molecular complexity index is 1070. The molecular weight excluding hydrogens is 399 g/mol. The molecule has 1 N–H and O–H groups in total. The first kappa shape index (κ1) is 18.6. The van der Waals surface area contributed by atoms with Crippen LogP contribution in [-0.4, -0.2) is 28.2 Å². The second-order valence-corrected chi connectivity index (χ2v) is 7.47. The van der Waals surface area contributed by atoms with Crippen molar-refractivity contribution in [3.05, 3.63) is 40.1 Å². The van der Waals surface area contributed by atoms with E-state index in [1.165, 1.54) is 13.8 Å². The van der Waals surface area contributed by atoms with Gasteiger partial charge in [0.1, 0.15) is 10.6 Å². The van der Waals surface area contributed by atoms with Crippen LogP contribution in [0.3, 0.4) is 0 Å². The highest BCUT2D eigenvalue weighted by atomic mass is 35.5. The molecule has 3 aromatic heterocycles. The van der Waals surface area contributed by atoms with Crippen molar-refractivity contribution in [2.45, 2.75) is 31.5 Å². The summed E-state index contributed by atoms with van der Waals surface area (Å²) in [5.74, 6) is 0.0202. The van der Waals surface area contributed by atoms with Gasteiger partial charge < -0.3 is 4.52 Å². The summed E-state index contributed by atoms with van der Waals surface area (Å²) in [5.41, 5.74) is -0.876. The molecule has 0 aromatic carbocycles. The van der Waals surface area contributed by atoms with Gasteiger partial charge >= 0.3 is 6.18 Å². The Morgan fingerprint density at radius 2 is 2.00 bits per heavy atom. The molecule has 8 nitrogen and oxygen atoms in total. The highest BCUT2D eigenvalue weighted by Crippen LogP contribution is 2.32. The molecule has 26 heavy (non-hydrogen) atoms. The van der Waals surface area contributed by atoms with Gasteiger partial charge in [0.25, 0.3) is 0 Å². The molecule has 0 aliphatic heterocycles. The number of nitrogens with zero attached hydrogens (tertiary/aromatic N) is 4. The minimum atomic E-state index is -4.63. The van der Waals surface area contributed by atoms with Gasteiger partial charge in [-0.2, -0.15) is 13.2 Å². The quantitative estimate of drug-likeness (QED) is 0.710. The number of hydrogen-bond acceptors (Lipinski definition) is 6. The average molecular weight is 410 g/mol. The molecule has 0 saturated carbocycles. The molecule has 0 spiro atoms. The van der Waals surface area contributed by atoms with Gasteiger partial charge in [-0.1, -0.05) is 16.8 Å². The Morgan fingerprint density at radius 3 is 2.58 bits per heavy atom. The lowest BCUT2D eigenvalue weighted by Gasteiger charge is -2.09. The highest BCUT2D eigenvalue weighted by Gasteiger charge is 2.32. The minimum Gasteiger partial charge on any atom is -0.360 e. The smallest absolute Gasteiger partial charge is 0.360 e. The van der Waals surface area contributed by atoms with Crippen LogP contribution < -0.4 is 4.72 Å². The summed E-state index contributed by atoms with van der Waals surface area (Å²) >= 11 is 5.81. The largest absolute Gasteiger partial charge is 0.417 e. The van der Waals surface area contributed by atoms with Crippen LogP contribution in [0.4, 0.5) is 13.2 Å². The van der Waals surface area contributed by atoms with E-state index in [0.29, 0.717) is 0 Å². The summed E-state index contributed by atoms with van der Waals surface area (Å²) in [6.07, 6.45) is -3.88. The third-order valence-corrected chi connectivity index (χ3v) is 5.44. The van der Waals surface area contributed by atoms with Crippen LogP contribution in [0.1, 0.15) is 22.8 Å². The molecular formula is C13H11ClF3N5O3S. The maximum atomic E-state index is 12.9. The van der Waals surface area contributed by atoms with Crippen LogP contribution >= 0.6 is 11.6 Å². The number of rotatable bonds is 4. The van der Waals surface area contributed by atoms with Crippen molar-refractivity contribution in [2.75, 3.05) is 0 Å². The van der Waals surface area contributed by atoms with Crippen LogP contribution in [0, 0.1) is 13.8 Å². The van der Waals surface area contributed by atoms with Gasteiger partial charge in [-0.05, 0) is 19.9 Å². The fraction of sp³-hybridized carbons (Fsp3) is 0.308. The van der Waals surface area contributed by atoms with Crippen molar-refractivity contribution in [3.63, 3.8) is 0 Å². The Hall–Kier alpha value is -2.18. The van der Waals surface area contributed by atoms with Gasteiger partial charge in [0.05, 0.1) is 17.1 Å². The fourth-order valence-electron chi connectivity index (χ4n) is 2.37. The first-order valence-electron chi connectivity index (χ1n) is 7.03. The van der Waals surface area contributed by atoms with Crippen molar-refractivity contribution in [1.29, 1.82) is 0 Å². The normalized spacial score (nSPS) is 12.8. The van der Waals surface area contributed by atoms with E-state index in [9.17, 15) is 21.6 Å². The second-order valence-electron chi connectivity index (χ2n) is 5.36. The molecule has 140 valence electrons. The number of sulfonamides is 1. The Kier molecular flexibility index (Phi) is 4.45. The molecule has 3 aromatic rings. The molecule has 0 saturated heterocycles. The maximum absolute atomic E-state index is 12.9. The molecule has 0 atom stereocenters. The zero-order chi connectivity index (χ0) is 19.3. The highest BCUT2D eigenvalue weighted by molar-refractivity contribution is 7.89. The molecule has 0 aliphatic rings. The zero-order valence-corrected chi connectivity index (χ0v) is 14.9. The summed E-state index contributed by atoms with van der Waals surface area (Å²) in [5, 5.41) is 10.7. The van der Waals surface area contributed by atoms with Crippen LogP contribution in [-0.2, 0) is 22.7 Å². The van der Waals surface area contributed by atoms with E-state index in [1.54, 1.807) is 0 Å². The van der Waals surface area contributed by atoms with Gasteiger partial charge in [-0.25, -0.2) is 13.1 Å². The predicted octanol–water partition coefficient (Wildman–Crippen LogP) is 2.48. The Morgan fingerprint density at radius 1 is 1.31 bits per heavy atom. The Labute approximate surface area is 150 Å². The van der Waals surface area contributed by atoms with E-state index in [0.717, 1.165) is 16.7 Å². The van der Waals surface area contributed by atoms with Gasteiger partial charge in [-0.15, -0.1) is 10.2 Å². The first-order valence-corrected chi connectivity index (χ1v) is 8.89. The fourth-order valence-corrected chi connectivity index (χ4v) is 3.92. The van der Waals surface area contributed by atoms with Crippen molar-refractivity contribution in [3.8, 4) is 0 Å². The van der Waals surface area contributed by atoms with Crippen molar-refractivity contribution >= 4 is 27.3 Å². The standard InChI is InChI=1S/C13H11ClF3N5O3S/c1-6-11(7(2)25-21-6)26(23,24)18-4-10-19-20-12-9(14)3-8(5-22(10)12)13(15,16)17/h3,5,18H,4H2,1-2H3. The second kappa shape index (κ2) is 6.21. The number of aryl methyl sites for hydroxylation is 2. The molecule has 0 fully saturated rings. The van der Waals surface area contributed by atoms with Gasteiger partial charge in [0.2, 0.25) is 10.0 Å². The van der Waals surface area contributed by atoms with E-state index in [1.807, 2.05) is 0 Å². The van der Waals surface area contributed by atoms with E-state index in [4.69, 9.17) is 16.1 Å². The van der Waals surface area contributed by atoms with Crippen LogP contribution in [0.2, 0.25) is 5.02 Å². The third-order valence-electron chi connectivity index (χ3n) is 3.51. The van der Waals surface area contributed by atoms with Crippen LogP contribution in [0.15, 0.2) is 21.7 Å². The number of fused-ring (bicyclic) bond motifs is 1. The summed E-state index contributed by atoms with van der Waals surface area (Å²) in [7, 11) is -4.01. The topological polar surface area (TPSA) is 102 Å². The monoisotopic (exact) mass is 409 g/mol. The van der Waals surface area contributed by atoms with Crippen molar-refractivity contribution < 1.29 is 26.1 Å². The van der Waals surface area contributed by atoms with E-state index in [-0.39, 0.29) is 32.8 Å². The molecule has 13 heteroatoms. The Balaban J connectivity index is 1.96. The van der Waals surface area contributed by atoms with Crippen LogP contribution in [0.5, 0.6) is 0 Å². The molecule has 0 amide bonds.